The summed E-state index contributed by atoms with van der Waals surface area (Å²) < 4.78 is 0. The number of rotatable bonds is 3. The molecule has 1 aromatic carbocycles. The van der Waals surface area contributed by atoms with Crippen LogP contribution in [0.1, 0.15) is 37.3 Å². The quantitative estimate of drug-likeness (QED) is 0.895. The molecule has 0 aliphatic heterocycles. The number of benzene rings is 1. The van der Waals surface area contributed by atoms with Gasteiger partial charge in [-0.05, 0) is 44.6 Å². The number of hydrogen-bond acceptors (Lipinski definition) is 2. The summed E-state index contributed by atoms with van der Waals surface area (Å²) in [4.78, 5) is 2.30. The summed E-state index contributed by atoms with van der Waals surface area (Å²) >= 11 is 5.92. The zero-order valence-corrected chi connectivity index (χ0v) is 11.4. The summed E-state index contributed by atoms with van der Waals surface area (Å²) in [5, 5.41) is 0.770. The van der Waals surface area contributed by atoms with Crippen LogP contribution in [0.15, 0.2) is 24.3 Å². The molecular weight excluding hydrogens is 232 g/mol. The van der Waals surface area contributed by atoms with Crippen LogP contribution in [0.4, 0.5) is 0 Å². The van der Waals surface area contributed by atoms with E-state index < -0.39 is 0 Å². The standard InChI is InChI=1S/C14H21ClN2/c1-17(2)14(9-3-4-10-14)13(16)11-5-7-12(15)8-6-11/h5-8,13H,3-4,9-10,16H2,1-2H3. The zero-order chi connectivity index (χ0) is 12.5. The first-order chi connectivity index (χ1) is 8.06. The maximum absolute atomic E-state index is 6.50. The monoisotopic (exact) mass is 252 g/mol. The molecule has 2 rings (SSSR count). The van der Waals surface area contributed by atoms with Crippen LogP contribution < -0.4 is 5.73 Å². The van der Waals surface area contributed by atoms with Crippen LogP contribution in [0.2, 0.25) is 5.02 Å². The number of halogens is 1. The predicted octanol–water partition coefficient (Wildman–Crippen LogP) is 3.21. The molecule has 2 nitrogen and oxygen atoms in total. The van der Waals surface area contributed by atoms with Crippen molar-refractivity contribution in [1.82, 2.24) is 4.90 Å². The van der Waals surface area contributed by atoms with Gasteiger partial charge in [-0.25, -0.2) is 0 Å². The Labute approximate surface area is 109 Å². The average molecular weight is 253 g/mol. The zero-order valence-electron chi connectivity index (χ0n) is 10.6. The Hall–Kier alpha value is -0.570. The minimum Gasteiger partial charge on any atom is -0.322 e. The van der Waals surface area contributed by atoms with E-state index in [1.54, 1.807) is 0 Å². The van der Waals surface area contributed by atoms with Gasteiger partial charge in [-0.15, -0.1) is 0 Å². The minimum absolute atomic E-state index is 0.0669. The minimum atomic E-state index is 0.0669. The van der Waals surface area contributed by atoms with Crippen LogP contribution in [-0.2, 0) is 0 Å². The Kier molecular flexibility index (Phi) is 3.76. The lowest BCUT2D eigenvalue weighted by Gasteiger charge is -2.41. The lowest BCUT2D eigenvalue weighted by Crippen LogP contribution is -2.50. The molecule has 0 amide bonds. The van der Waals surface area contributed by atoms with E-state index in [1.807, 2.05) is 12.1 Å². The van der Waals surface area contributed by atoms with Gasteiger partial charge in [0.2, 0.25) is 0 Å². The Morgan fingerprint density at radius 3 is 2.18 bits per heavy atom. The molecule has 1 saturated carbocycles. The fourth-order valence-electron chi connectivity index (χ4n) is 3.00. The Balaban J connectivity index is 2.28. The molecule has 17 heavy (non-hydrogen) atoms. The van der Waals surface area contributed by atoms with Crippen LogP contribution in [0.3, 0.4) is 0 Å². The van der Waals surface area contributed by atoms with E-state index in [1.165, 1.54) is 31.2 Å². The first-order valence-electron chi connectivity index (χ1n) is 6.25. The van der Waals surface area contributed by atoms with Gasteiger partial charge in [-0.3, -0.25) is 0 Å². The summed E-state index contributed by atoms with van der Waals surface area (Å²) in [5.41, 5.74) is 7.81. The highest BCUT2D eigenvalue weighted by Crippen LogP contribution is 2.42. The fourth-order valence-corrected chi connectivity index (χ4v) is 3.13. The fraction of sp³-hybridized carbons (Fsp3) is 0.571. The highest BCUT2D eigenvalue weighted by atomic mass is 35.5. The van der Waals surface area contributed by atoms with Gasteiger partial charge in [0.25, 0.3) is 0 Å². The van der Waals surface area contributed by atoms with Gasteiger partial charge in [0.05, 0.1) is 0 Å². The molecule has 1 aliphatic carbocycles. The molecule has 94 valence electrons. The molecule has 0 radical (unpaired) electrons. The van der Waals surface area contributed by atoms with E-state index in [0.717, 1.165) is 5.02 Å². The van der Waals surface area contributed by atoms with Crippen molar-refractivity contribution in [2.24, 2.45) is 5.73 Å². The maximum atomic E-state index is 6.50. The average Bonchev–Trinajstić information content (AvgIpc) is 2.79. The lowest BCUT2D eigenvalue weighted by molar-refractivity contribution is 0.123. The molecule has 0 spiro atoms. The first kappa shape index (κ1) is 12.9. The molecule has 2 N–H and O–H groups in total. The topological polar surface area (TPSA) is 29.3 Å². The SMILES string of the molecule is CN(C)C1(C(N)c2ccc(Cl)cc2)CCCC1. The van der Waals surface area contributed by atoms with Gasteiger partial charge in [0.1, 0.15) is 0 Å². The molecule has 0 saturated heterocycles. The largest absolute Gasteiger partial charge is 0.322 e. The Morgan fingerprint density at radius 2 is 1.71 bits per heavy atom. The van der Waals surface area contributed by atoms with Crippen molar-refractivity contribution < 1.29 is 0 Å². The van der Waals surface area contributed by atoms with E-state index in [9.17, 15) is 0 Å². The molecule has 0 aromatic heterocycles. The van der Waals surface area contributed by atoms with Crippen molar-refractivity contribution in [3.05, 3.63) is 34.9 Å². The van der Waals surface area contributed by atoms with E-state index in [2.05, 4.69) is 31.1 Å². The summed E-state index contributed by atoms with van der Waals surface area (Å²) in [7, 11) is 4.28. The Morgan fingerprint density at radius 1 is 1.18 bits per heavy atom. The summed E-state index contributed by atoms with van der Waals surface area (Å²) in [6, 6.07) is 8.02. The third-order valence-corrected chi connectivity index (χ3v) is 4.42. The van der Waals surface area contributed by atoms with Crippen molar-refractivity contribution in [3.63, 3.8) is 0 Å². The maximum Gasteiger partial charge on any atom is 0.0481 e. The molecule has 0 bridgehead atoms. The normalized spacial score (nSPS) is 20.8. The van der Waals surface area contributed by atoms with Crippen molar-refractivity contribution >= 4 is 11.6 Å². The van der Waals surface area contributed by atoms with Gasteiger partial charge >= 0.3 is 0 Å². The molecule has 3 heteroatoms. The van der Waals surface area contributed by atoms with Crippen LogP contribution in [0, 0.1) is 0 Å². The van der Waals surface area contributed by atoms with E-state index >= 15 is 0 Å². The molecule has 1 atom stereocenters. The van der Waals surface area contributed by atoms with Crippen LogP contribution in [-0.4, -0.2) is 24.5 Å². The van der Waals surface area contributed by atoms with Crippen LogP contribution in [0.25, 0.3) is 0 Å². The predicted molar refractivity (Wildman–Crippen MR) is 73.3 cm³/mol. The van der Waals surface area contributed by atoms with Crippen molar-refractivity contribution in [2.75, 3.05) is 14.1 Å². The van der Waals surface area contributed by atoms with E-state index in [-0.39, 0.29) is 11.6 Å². The highest BCUT2D eigenvalue weighted by molar-refractivity contribution is 6.30. The lowest BCUT2D eigenvalue weighted by atomic mass is 9.83. The van der Waals surface area contributed by atoms with Gasteiger partial charge in [-0.1, -0.05) is 36.6 Å². The molecule has 1 aromatic rings. The smallest absolute Gasteiger partial charge is 0.0481 e. The molecule has 1 fully saturated rings. The second-order valence-electron chi connectivity index (χ2n) is 5.23. The van der Waals surface area contributed by atoms with Gasteiger partial charge < -0.3 is 10.6 Å². The molecule has 1 unspecified atom stereocenters. The number of nitrogens with zero attached hydrogens (tertiary/aromatic N) is 1. The summed E-state index contributed by atoms with van der Waals surface area (Å²) in [6.07, 6.45) is 4.92. The third kappa shape index (κ3) is 2.35. The Bertz CT molecular complexity index is 366. The first-order valence-corrected chi connectivity index (χ1v) is 6.62. The van der Waals surface area contributed by atoms with Crippen LogP contribution >= 0.6 is 11.6 Å². The highest BCUT2D eigenvalue weighted by Gasteiger charge is 2.41. The number of nitrogens with two attached hydrogens (primary N) is 1. The van der Waals surface area contributed by atoms with E-state index in [4.69, 9.17) is 17.3 Å². The third-order valence-electron chi connectivity index (χ3n) is 4.17. The molecular formula is C14H21ClN2. The van der Waals surface area contributed by atoms with Gasteiger partial charge in [0, 0.05) is 16.6 Å². The number of hydrogen-bond donors (Lipinski definition) is 1. The molecule has 0 heterocycles. The summed E-state index contributed by atoms with van der Waals surface area (Å²) in [5.74, 6) is 0. The number of likely N-dealkylation sites (N-methyl/N-ethyl adjacent to an activating group) is 1. The van der Waals surface area contributed by atoms with Gasteiger partial charge in [-0.2, -0.15) is 0 Å². The van der Waals surface area contributed by atoms with Gasteiger partial charge in [0.15, 0.2) is 0 Å². The van der Waals surface area contributed by atoms with Crippen molar-refractivity contribution in [2.45, 2.75) is 37.3 Å². The second-order valence-corrected chi connectivity index (χ2v) is 5.67. The van der Waals surface area contributed by atoms with Crippen LogP contribution in [0.5, 0.6) is 0 Å². The van der Waals surface area contributed by atoms with E-state index in [0.29, 0.717) is 0 Å². The van der Waals surface area contributed by atoms with Crippen molar-refractivity contribution in [3.8, 4) is 0 Å². The molecule has 1 aliphatic rings. The summed E-state index contributed by atoms with van der Waals surface area (Å²) in [6.45, 7) is 0. The van der Waals surface area contributed by atoms with Crippen molar-refractivity contribution in [1.29, 1.82) is 0 Å². The second kappa shape index (κ2) is 4.97.